The summed E-state index contributed by atoms with van der Waals surface area (Å²) in [6.45, 7) is 0. The summed E-state index contributed by atoms with van der Waals surface area (Å²) in [4.78, 5) is 24.0. The van der Waals surface area contributed by atoms with Crippen molar-refractivity contribution in [3.8, 4) is 0 Å². The van der Waals surface area contributed by atoms with E-state index in [4.69, 9.17) is 5.11 Å². The van der Waals surface area contributed by atoms with Crippen LogP contribution in [0.1, 0.15) is 16.8 Å². The molecule has 6 heteroatoms. The average molecular weight is 299 g/mol. The molecule has 104 valence electrons. The molecule has 19 heavy (non-hydrogen) atoms. The van der Waals surface area contributed by atoms with Gasteiger partial charge < -0.3 is 10.4 Å². The zero-order chi connectivity index (χ0) is 14.3. The number of thioether (sulfide) groups is 2. The zero-order valence-electron chi connectivity index (χ0n) is 10.9. The summed E-state index contributed by atoms with van der Waals surface area (Å²) in [7, 11) is 0. The topological polar surface area (TPSA) is 66.4 Å². The van der Waals surface area contributed by atoms with Gasteiger partial charge in [0, 0.05) is 10.5 Å². The van der Waals surface area contributed by atoms with Gasteiger partial charge in [-0.1, -0.05) is 0 Å². The fraction of sp³-hybridized carbons (Fsp3) is 0.385. The fourth-order valence-electron chi connectivity index (χ4n) is 1.48. The van der Waals surface area contributed by atoms with E-state index in [1.165, 1.54) is 0 Å². The van der Waals surface area contributed by atoms with Gasteiger partial charge in [0.15, 0.2) is 0 Å². The quantitative estimate of drug-likeness (QED) is 0.757. The van der Waals surface area contributed by atoms with E-state index >= 15 is 0 Å². The smallest absolute Gasteiger partial charge is 0.326 e. The molecule has 0 saturated carbocycles. The molecular weight excluding hydrogens is 282 g/mol. The van der Waals surface area contributed by atoms with Crippen LogP contribution in [0.15, 0.2) is 29.2 Å². The molecule has 0 radical (unpaired) electrons. The predicted octanol–water partition coefficient (Wildman–Crippen LogP) is 2.34. The summed E-state index contributed by atoms with van der Waals surface area (Å²) in [6, 6.07) is 6.26. The summed E-state index contributed by atoms with van der Waals surface area (Å²) >= 11 is 3.15. The lowest BCUT2D eigenvalue weighted by molar-refractivity contribution is -0.139. The molecule has 1 amide bonds. The molecule has 0 unspecified atom stereocenters. The molecule has 0 heterocycles. The van der Waals surface area contributed by atoms with E-state index in [-0.39, 0.29) is 5.91 Å². The van der Waals surface area contributed by atoms with Crippen LogP contribution in [0.4, 0.5) is 0 Å². The average Bonchev–Trinajstić information content (AvgIpc) is 2.43. The van der Waals surface area contributed by atoms with Crippen molar-refractivity contribution in [2.45, 2.75) is 17.4 Å². The molecule has 4 nitrogen and oxygen atoms in total. The third-order valence-electron chi connectivity index (χ3n) is 2.57. The minimum Gasteiger partial charge on any atom is -0.480 e. The first-order valence-corrected chi connectivity index (χ1v) is 8.37. The van der Waals surface area contributed by atoms with Crippen LogP contribution >= 0.6 is 23.5 Å². The Balaban J connectivity index is 2.67. The number of hydrogen-bond acceptors (Lipinski definition) is 4. The second-order valence-electron chi connectivity index (χ2n) is 3.87. The molecule has 2 N–H and O–H groups in total. The van der Waals surface area contributed by atoms with Gasteiger partial charge in [-0.15, -0.1) is 11.8 Å². The van der Waals surface area contributed by atoms with Crippen molar-refractivity contribution in [3.63, 3.8) is 0 Å². The van der Waals surface area contributed by atoms with Crippen molar-refractivity contribution in [2.75, 3.05) is 18.3 Å². The second-order valence-corrected chi connectivity index (χ2v) is 5.74. The Labute approximate surface area is 121 Å². The first kappa shape index (κ1) is 15.9. The maximum Gasteiger partial charge on any atom is 0.326 e. The minimum atomic E-state index is -0.997. The highest BCUT2D eigenvalue weighted by atomic mass is 32.2. The third-order valence-corrected chi connectivity index (χ3v) is 3.95. The summed E-state index contributed by atoms with van der Waals surface area (Å²) in [6.07, 6.45) is 4.28. The Kier molecular flexibility index (Phi) is 6.80. The van der Waals surface area contributed by atoms with Crippen LogP contribution in [0.5, 0.6) is 0 Å². The molecule has 0 saturated heterocycles. The maximum atomic E-state index is 11.9. The number of carbonyl (C=O) groups is 2. The van der Waals surface area contributed by atoms with Gasteiger partial charge in [0.2, 0.25) is 0 Å². The number of carboxylic acids is 1. The Morgan fingerprint density at radius 1 is 1.26 bits per heavy atom. The number of aliphatic carboxylic acids is 1. The Bertz CT molecular complexity index is 434. The lowest BCUT2D eigenvalue weighted by Crippen LogP contribution is -2.41. The van der Waals surface area contributed by atoms with Crippen LogP contribution in [0.3, 0.4) is 0 Å². The van der Waals surface area contributed by atoms with Gasteiger partial charge in [-0.2, -0.15) is 11.8 Å². The fourth-order valence-corrected chi connectivity index (χ4v) is 2.36. The van der Waals surface area contributed by atoms with E-state index in [2.05, 4.69) is 5.32 Å². The summed E-state index contributed by atoms with van der Waals surface area (Å²) in [5.74, 6) is -0.646. The maximum absolute atomic E-state index is 11.9. The van der Waals surface area contributed by atoms with E-state index in [1.54, 1.807) is 35.7 Å². The van der Waals surface area contributed by atoms with Crippen LogP contribution in [-0.2, 0) is 4.79 Å². The number of nitrogens with one attached hydrogen (secondary N) is 1. The number of benzene rings is 1. The molecular formula is C13H17NO3S2. The van der Waals surface area contributed by atoms with Crippen molar-refractivity contribution in [1.29, 1.82) is 0 Å². The molecule has 0 spiro atoms. The zero-order valence-corrected chi connectivity index (χ0v) is 12.5. The van der Waals surface area contributed by atoms with Gasteiger partial charge in [-0.25, -0.2) is 4.79 Å². The Morgan fingerprint density at radius 2 is 1.89 bits per heavy atom. The lowest BCUT2D eigenvalue weighted by Gasteiger charge is -2.14. The van der Waals surface area contributed by atoms with E-state index < -0.39 is 12.0 Å². The molecule has 0 aliphatic heterocycles. The van der Waals surface area contributed by atoms with E-state index in [0.717, 1.165) is 4.90 Å². The summed E-state index contributed by atoms with van der Waals surface area (Å²) in [5, 5.41) is 11.6. The van der Waals surface area contributed by atoms with Gasteiger partial charge in [-0.3, -0.25) is 4.79 Å². The Morgan fingerprint density at radius 3 is 2.37 bits per heavy atom. The number of carboxylic acid groups (broad SMARTS) is 1. The molecule has 0 bridgehead atoms. The molecule has 0 aromatic heterocycles. The highest BCUT2D eigenvalue weighted by Crippen LogP contribution is 2.15. The molecule has 1 aromatic carbocycles. The lowest BCUT2D eigenvalue weighted by atomic mass is 10.1. The van der Waals surface area contributed by atoms with E-state index in [1.807, 2.05) is 24.6 Å². The standard InChI is InChI=1S/C13H17NO3S2/c1-18-8-7-11(13(16)17)14-12(15)9-3-5-10(19-2)6-4-9/h3-6,11H,7-8H2,1-2H3,(H,14,15)(H,16,17)/t11-/m0/s1. The normalized spacial score (nSPS) is 11.9. The second kappa shape index (κ2) is 8.12. The molecule has 0 aliphatic carbocycles. The van der Waals surface area contributed by atoms with Gasteiger partial charge in [-0.05, 0) is 49.0 Å². The van der Waals surface area contributed by atoms with Crippen LogP contribution in [0, 0.1) is 0 Å². The van der Waals surface area contributed by atoms with E-state index in [0.29, 0.717) is 17.7 Å². The first-order valence-electron chi connectivity index (χ1n) is 5.75. The molecule has 1 rings (SSSR count). The summed E-state index contributed by atoms with van der Waals surface area (Å²) < 4.78 is 0. The largest absolute Gasteiger partial charge is 0.480 e. The van der Waals surface area contributed by atoms with Crippen molar-refractivity contribution in [2.24, 2.45) is 0 Å². The third kappa shape index (κ3) is 5.16. The van der Waals surface area contributed by atoms with Gasteiger partial charge >= 0.3 is 5.97 Å². The number of hydrogen-bond donors (Lipinski definition) is 2. The van der Waals surface area contributed by atoms with Crippen LogP contribution < -0.4 is 5.32 Å². The van der Waals surface area contributed by atoms with Crippen molar-refractivity contribution in [1.82, 2.24) is 5.32 Å². The van der Waals surface area contributed by atoms with Crippen molar-refractivity contribution in [3.05, 3.63) is 29.8 Å². The highest BCUT2D eigenvalue weighted by molar-refractivity contribution is 7.98. The molecule has 1 aromatic rings. The van der Waals surface area contributed by atoms with Crippen molar-refractivity contribution < 1.29 is 14.7 Å². The van der Waals surface area contributed by atoms with Gasteiger partial charge in [0.25, 0.3) is 5.91 Å². The number of amides is 1. The van der Waals surface area contributed by atoms with Crippen molar-refractivity contribution >= 4 is 35.4 Å². The van der Waals surface area contributed by atoms with Gasteiger partial charge in [0.05, 0.1) is 0 Å². The molecule has 1 atom stereocenters. The van der Waals surface area contributed by atoms with Crippen LogP contribution in [0.25, 0.3) is 0 Å². The predicted molar refractivity (Wildman–Crippen MR) is 80.1 cm³/mol. The summed E-state index contributed by atoms with van der Waals surface area (Å²) in [5.41, 5.74) is 0.480. The Hall–Kier alpha value is -1.14. The number of carbonyl (C=O) groups excluding carboxylic acids is 1. The first-order chi connectivity index (χ1) is 9.08. The van der Waals surface area contributed by atoms with Gasteiger partial charge in [0.1, 0.15) is 6.04 Å². The van der Waals surface area contributed by atoms with Crippen LogP contribution in [0.2, 0.25) is 0 Å². The minimum absolute atomic E-state index is 0.346. The van der Waals surface area contributed by atoms with Crippen LogP contribution in [-0.4, -0.2) is 41.3 Å². The monoisotopic (exact) mass is 299 g/mol. The number of rotatable bonds is 7. The highest BCUT2D eigenvalue weighted by Gasteiger charge is 2.19. The SMILES string of the molecule is CSCC[C@H](NC(=O)c1ccc(SC)cc1)C(=O)O. The van der Waals surface area contributed by atoms with E-state index in [9.17, 15) is 9.59 Å². The molecule has 0 fully saturated rings. The molecule has 0 aliphatic rings.